The first-order chi connectivity index (χ1) is 16.3. The molecule has 3 aromatic rings. The minimum absolute atomic E-state index is 0.310. The molecule has 1 saturated heterocycles. The predicted molar refractivity (Wildman–Crippen MR) is 132 cm³/mol. The third-order valence-electron chi connectivity index (χ3n) is 5.98. The van der Waals surface area contributed by atoms with Gasteiger partial charge in [-0.15, -0.1) is 0 Å². The van der Waals surface area contributed by atoms with Crippen LogP contribution < -0.4 is 9.62 Å². The Kier molecular flexibility index (Phi) is 7.09. The van der Waals surface area contributed by atoms with E-state index in [1.807, 2.05) is 24.3 Å². The number of aryl methyl sites for hydroxylation is 1. The van der Waals surface area contributed by atoms with Crippen LogP contribution in [0.1, 0.15) is 11.1 Å². The summed E-state index contributed by atoms with van der Waals surface area (Å²) in [4.78, 5) is 19.1. The van der Waals surface area contributed by atoms with Gasteiger partial charge in [0.25, 0.3) is 15.7 Å². The number of piperazine rings is 1. The van der Waals surface area contributed by atoms with E-state index in [1.165, 1.54) is 17.7 Å². The molecule has 2 heterocycles. The fraction of sp³-hybridized carbons (Fsp3) is 0.292. The number of aromatic nitrogens is 1. The quantitative estimate of drug-likeness (QED) is 0.388. The van der Waals surface area contributed by atoms with E-state index in [9.17, 15) is 18.5 Å². The van der Waals surface area contributed by atoms with Gasteiger partial charge in [0.2, 0.25) is 0 Å². The molecular weight excluding hydrogens is 454 g/mol. The molecule has 178 valence electrons. The molecule has 0 bridgehead atoms. The molecule has 2 aromatic carbocycles. The number of anilines is 2. The summed E-state index contributed by atoms with van der Waals surface area (Å²) < 4.78 is 29.0. The molecule has 1 N–H and O–H groups in total. The number of para-hydroxylation sites is 2. The molecular formula is C24H27N5O4S. The minimum Gasteiger partial charge on any atom is -0.367 e. The SMILES string of the molecule is Cc1cccc([N+](=O)[O-])c1S(=O)(=O)Nc1ccccc1N1CCN(CCc2ccncc2)CC1. The monoisotopic (exact) mass is 481 g/mol. The van der Waals surface area contributed by atoms with Gasteiger partial charge in [-0.25, -0.2) is 8.42 Å². The average Bonchev–Trinajstić information content (AvgIpc) is 2.83. The number of hydrogen-bond donors (Lipinski definition) is 1. The van der Waals surface area contributed by atoms with Gasteiger partial charge in [-0.05, 0) is 48.7 Å². The zero-order chi connectivity index (χ0) is 24.1. The Bertz CT molecular complexity index is 1260. The number of nitro benzene ring substituents is 1. The van der Waals surface area contributed by atoms with Crippen molar-refractivity contribution >= 4 is 27.1 Å². The third kappa shape index (κ3) is 5.35. The van der Waals surface area contributed by atoms with E-state index >= 15 is 0 Å². The molecule has 0 aliphatic carbocycles. The van der Waals surface area contributed by atoms with Crippen molar-refractivity contribution in [1.82, 2.24) is 9.88 Å². The number of sulfonamides is 1. The highest BCUT2D eigenvalue weighted by Crippen LogP contribution is 2.32. The summed E-state index contributed by atoms with van der Waals surface area (Å²) in [6, 6.07) is 15.5. The normalized spacial score (nSPS) is 14.7. The largest absolute Gasteiger partial charge is 0.367 e. The average molecular weight is 482 g/mol. The van der Waals surface area contributed by atoms with Crippen molar-refractivity contribution in [3.05, 3.63) is 88.2 Å². The smallest absolute Gasteiger partial charge is 0.290 e. The molecule has 4 rings (SSSR count). The number of pyridine rings is 1. The second kappa shape index (κ2) is 10.2. The van der Waals surface area contributed by atoms with Crippen LogP contribution in [0.5, 0.6) is 0 Å². The van der Waals surface area contributed by atoms with Gasteiger partial charge in [0.05, 0.1) is 16.3 Å². The zero-order valence-corrected chi connectivity index (χ0v) is 19.7. The molecule has 9 nitrogen and oxygen atoms in total. The zero-order valence-electron chi connectivity index (χ0n) is 18.9. The van der Waals surface area contributed by atoms with Crippen LogP contribution in [0.4, 0.5) is 17.1 Å². The Balaban J connectivity index is 1.48. The Morgan fingerprint density at radius 2 is 1.71 bits per heavy atom. The van der Waals surface area contributed by atoms with Crippen LogP contribution >= 0.6 is 0 Å². The van der Waals surface area contributed by atoms with Gasteiger partial charge in [0, 0.05) is 51.2 Å². The Labute approximate surface area is 199 Å². The van der Waals surface area contributed by atoms with Crippen LogP contribution in [-0.4, -0.2) is 55.9 Å². The van der Waals surface area contributed by atoms with E-state index in [0.717, 1.165) is 44.8 Å². The molecule has 0 atom stereocenters. The van der Waals surface area contributed by atoms with E-state index in [2.05, 4.69) is 19.5 Å². The number of hydrogen-bond acceptors (Lipinski definition) is 7. The number of nitro groups is 1. The number of nitrogens with one attached hydrogen (secondary N) is 1. The van der Waals surface area contributed by atoms with Crippen LogP contribution in [0.15, 0.2) is 71.9 Å². The summed E-state index contributed by atoms with van der Waals surface area (Å²) >= 11 is 0. The molecule has 34 heavy (non-hydrogen) atoms. The highest BCUT2D eigenvalue weighted by Gasteiger charge is 2.29. The van der Waals surface area contributed by atoms with E-state index in [4.69, 9.17) is 0 Å². The van der Waals surface area contributed by atoms with Gasteiger partial charge in [-0.2, -0.15) is 0 Å². The third-order valence-corrected chi connectivity index (χ3v) is 7.54. The second-order valence-electron chi connectivity index (χ2n) is 8.24. The van der Waals surface area contributed by atoms with Crippen LogP contribution in [0.3, 0.4) is 0 Å². The van der Waals surface area contributed by atoms with Gasteiger partial charge in [-0.1, -0.05) is 24.3 Å². The van der Waals surface area contributed by atoms with Gasteiger partial charge < -0.3 is 4.90 Å². The Morgan fingerprint density at radius 1 is 1.00 bits per heavy atom. The van der Waals surface area contributed by atoms with Crippen LogP contribution in [0.2, 0.25) is 0 Å². The van der Waals surface area contributed by atoms with Crippen molar-refractivity contribution in [3.63, 3.8) is 0 Å². The lowest BCUT2D eigenvalue weighted by atomic mass is 10.1. The first kappa shape index (κ1) is 23.7. The van der Waals surface area contributed by atoms with Gasteiger partial charge >= 0.3 is 0 Å². The van der Waals surface area contributed by atoms with E-state index in [1.54, 1.807) is 37.5 Å². The molecule has 1 fully saturated rings. The highest BCUT2D eigenvalue weighted by atomic mass is 32.2. The van der Waals surface area contributed by atoms with Crippen LogP contribution in [0, 0.1) is 17.0 Å². The number of nitrogens with zero attached hydrogens (tertiary/aromatic N) is 4. The van der Waals surface area contributed by atoms with Crippen molar-refractivity contribution in [2.24, 2.45) is 0 Å². The lowest BCUT2D eigenvalue weighted by molar-refractivity contribution is -0.387. The Morgan fingerprint density at radius 3 is 2.41 bits per heavy atom. The molecule has 1 aromatic heterocycles. The summed E-state index contributed by atoms with van der Waals surface area (Å²) in [7, 11) is -4.16. The lowest BCUT2D eigenvalue weighted by Gasteiger charge is -2.37. The van der Waals surface area contributed by atoms with Crippen molar-refractivity contribution in [2.45, 2.75) is 18.2 Å². The van der Waals surface area contributed by atoms with E-state index in [-0.39, 0.29) is 4.90 Å². The number of benzene rings is 2. The summed E-state index contributed by atoms with van der Waals surface area (Å²) in [5, 5.41) is 11.5. The second-order valence-corrected chi connectivity index (χ2v) is 9.86. The summed E-state index contributed by atoms with van der Waals surface area (Å²) in [6.07, 6.45) is 4.56. The number of rotatable bonds is 8. The molecule has 10 heteroatoms. The molecule has 1 aliphatic heterocycles. The molecule has 0 spiro atoms. The predicted octanol–water partition coefficient (Wildman–Crippen LogP) is 3.46. The first-order valence-electron chi connectivity index (χ1n) is 11.1. The summed E-state index contributed by atoms with van der Waals surface area (Å²) in [5.41, 5.74) is 2.30. The molecule has 1 aliphatic rings. The Hall–Kier alpha value is -3.50. The van der Waals surface area contributed by atoms with Crippen molar-refractivity contribution < 1.29 is 13.3 Å². The molecule has 0 amide bonds. The summed E-state index contributed by atoms with van der Waals surface area (Å²) in [5.74, 6) is 0. The summed E-state index contributed by atoms with van der Waals surface area (Å²) in [6.45, 7) is 5.71. The molecule has 0 radical (unpaired) electrons. The first-order valence-corrected chi connectivity index (χ1v) is 12.6. The maximum atomic E-state index is 13.2. The van der Waals surface area contributed by atoms with Crippen molar-refractivity contribution in [1.29, 1.82) is 0 Å². The van der Waals surface area contributed by atoms with Crippen LogP contribution in [-0.2, 0) is 16.4 Å². The van der Waals surface area contributed by atoms with Gasteiger partial charge in [-0.3, -0.25) is 24.7 Å². The topological polar surface area (TPSA) is 109 Å². The van der Waals surface area contributed by atoms with E-state index < -0.39 is 20.6 Å². The van der Waals surface area contributed by atoms with Gasteiger partial charge in [0.15, 0.2) is 4.90 Å². The fourth-order valence-corrected chi connectivity index (χ4v) is 5.68. The lowest BCUT2D eigenvalue weighted by Crippen LogP contribution is -2.47. The maximum absolute atomic E-state index is 13.2. The highest BCUT2D eigenvalue weighted by molar-refractivity contribution is 7.93. The maximum Gasteiger partial charge on any atom is 0.290 e. The van der Waals surface area contributed by atoms with Crippen molar-refractivity contribution in [2.75, 3.05) is 42.3 Å². The molecule has 0 unspecified atom stereocenters. The minimum atomic E-state index is -4.16. The fourth-order valence-electron chi connectivity index (χ4n) is 4.21. The van der Waals surface area contributed by atoms with E-state index in [0.29, 0.717) is 11.3 Å². The van der Waals surface area contributed by atoms with Gasteiger partial charge in [0.1, 0.15) is 0 Å². The van der Waals surface area contributed by atoms with Crippen molar-refractivity contribution in [3.8, 4) is 0 Å². The van der Waals surface area contributed by atoms with Crippen LogP contribution in [0.25, 0.3) is 0 Å². The molecule has 0 saturated carbocycles. The standard InChI is InChI=1S/C24H27N5O4S/c1-19-5-4-8-23(29(30)31)24(19)34(32,33)26-21-6-2-3-7-22(21)28-17-15-27(16-18-28)14-11-20-9-12-25-13-10-20/h2-10,12-13,26H,11,14-18H2,1H3.